The summed E-state index contributed by atoms with van der Waals surface area (Å²) in [6.45, 7) is 4.38. The summed E-state index contributed by atoms with van der Waals surface area (Å²) in [5, 5.41) is 11.7. The number of hydrogen-bond acceptors (Lipinski definition) is 2. The number of aliphatic hydroxyl groups excluding tert-OH is 1. The fourth-order valence-corrected chi connectivity index (χ4v) is 5.19. The molecule has 0 spiro atoms. The molecular weight excluding hydrogens is 252 g/mol. The summed E-state index contributed by atoms with van der Waals surface area (Å²) in [7, 11) is 0. The van der Waals surface area contributed by atoms with Crippen LogP contribution in [0.2, 0.25) is 0 Å². The maximum atomic E-state index is 10.3. The van der Waals surface area contributed by atoms with Crippen LogP contribution in [-0.2, 0) is 6.42 Å². The van der Waals surface area contributed by atoms with Crippen molar-refractivity contribution < 1.29 is 5.11 Å². The zero-order chi connectivity index (χ0) is 13.2. The van der Waals surface area contributed by atoms with E-state index >= 15 is 0 Å². The van der Waals surface area contributed by atoms with Gasteiger partial charge in [0.1, 0.15) is 0 Å². The lowest BCUT2D eigenvalue weighted by Crippen LogP contribution is -2.32. The molecule has 4 rings (SSSR count). The number of hydrogen-bond donors (Lipinski definition) is 1. The van der Waals surface area contributed by atoms with Crippen LogP contribution >= 0.6 is 11.3 Å². The number of thiophene rings is 1. The molecule has 2 atom stereocenters. The third-order valence-electron chi connectivity index (χ3n) is 4.98. The molecule has 1 heterocycles. The lowest BCUT2D eigenvalue weighted by atomic mass is 9.71. The highest BCUT2D eigenvalue weighted by Crippen LogP contribution is 2.55. The molecule has 0 radical (unpaired) electrons. The average molecular weight is 270 g/mol. The van der Waals surface area contributed by atoms with Gasteiger partial charge in [0.15, 0.2) is 0 Å². The van der Waals surface area contributed by atoms with Crippen LogP contribution in [0, 0.1) is 12.3 Å². The van der Waals surface area contributed by atoms with Gasteiger partial charge in [0.25, 0.3) is 0 Å². The maximum Gasteiger partial charge on any atom is 0.0669 e. The van der Waals surface area contributed by atoms with Crippen LogP contribution in [0.25, 0.3) is 15.7 Å². The quantitative estimate of drug-likeness (QED) is 0.756. The predicted octanol–water partition coefficient (Wildman–Crippen LogP) is 4.31. The zero-order valence-electron chi connectivity index (χ0n) is 11.4. The van der Waals surface area contributed by atoms with Crippen LogP contribution in [-0.4, -0.2) is 11.2 Å². The molecule has 98 valence electrons. The highest BCUT2D eigenvalue weighted by atomic mass is 32.1. The third kappa shape index (κ3) is 1.44. The van der Waals surface area contributed by atoms with Crippen LogP contribution in [0.15, 0.2) is 24.3 Å². The van der Waals surface area contributed by atoms with Crippen molar-refractivity contribution in [1.82, 2.24) is 0 Å². The maximum absolute atomic E-state index is 10.3. The van der Waals surface area contributed by atoms with Crippen molar-refractivity contribution >= 4 is 27.0 Å². The third-order valence-corrected chi connectivity index (χ3v) is 6.21. The highest BCUT2D eigenvalue weighted by molar-refractivity contribution is 7.20. The Morgan fingerprint density at radius 3 is 3.05 bits per heavy atom. The molecule has 0 fully saturated rings. The fraction of sp³-hybridized carbons (Fsp3) is 0.412. The van der Waals surface area contributed by atoms with Gasteiger partial charge in [-0.15, -0.1) is 11.3 Å². The van der Waals surface area contributed by atoms with Crippen LogP contribution in [0.3, 0.4) is 0 Å². The minimum atomic E-state index is -0.192. The highest BCUT2D eigenvalue weighted by Gasteiger charge is 2.44. The molecule has 1 aromatic heterocycles. The van der Waals surface area contributed by atoms with Gasteiger partial charge in [-0.1, -0.05) is 25.1 Å². The Labute approximate surface area is 117 Å². The number of rotatable bonds is 0. The van der Waals surface area contributed by atoms with Gasteiger partial charge in [-0.05, 0) is 54.3 Å². The summed E-state index contributed by atoms with van der Waals surface area (Å²) in [4.78, 5) is 1.44. The molecule has 0 saturated carbocycles. The molecule has 19 heavy (non-hydrogen) atoms. The first-order valence-corrected chi connectivity index (χ1v) is 7.82. The SMILES string of the molecule is Cc1ccc2c3c(sc2c1)C1=CC[C@@H](O)[C@]1(C)CC3. The topological polar surface area (TPSA) is 20.2 Å². The molecule has 0 unspecified atom stereocenters. The number of aliphatic hydroxyl groups is 1. The molecule has 2 aromatic rings. The Morgan fingerprint density at radius 2 is 2.21 bits per heavy atom. The van der Waals surface area contributed by atoms with Gasteiger partial charge >= 0.3 is 0 Å². The summed E-state index contributed by atoms with van der Waals surface area (Å²) < 4.78 is 1.40. The molecule has 1 aromatic carbocycles. The molecule has 1 nitrogen and oxygen atoms in total. The van der Waals surface area contributed by atoms with Crippen molar-refractivity contribution in [3.05, 3.63) is 40.3 Å². The van der Waals surface area contributed by atoms with E-state index in [4.69, 9.17) is 0 Å². The number of fused-ring (bicyclic) bond motifs is 5. The van der Waals surface area contributed by atoms with E-state index in [1.807, 2.05) is 11.3 Å². The average Bonchev–Trinajstić information content (AvgIpc) is 2.87. The van der Waals surface area contributed by atoms with Gasteiger partial charge in [0.2, 0.25) is 0 Å². The summed E-state index contributed by atoms with van der Waals surface area (Å²) in [6.07, 6.45) is 5.07. The molecular formula is C17H18OS. The molecule has 2 heteroatoms. The van der Waals surface area contributed by atoms with Crippen molar-refractivity contribution in [2.75, 3.05) is 0 Å². The molecule has 0 aliphatic heterocycles. The van der Waals surface area contributed by atoms with Crippen molar-refractivity contribution in [2.45, 2.75) is 39.2 Å². The lowest BCUT2D eigenvalue weighted by Gasteiger charge is -2.35. The van der Waals surface area contributed by atoms with Crippen LogP contribution < -0.4 is 0 Å². The first-order chi connectivity index (χ1) is 9.09. The Kier molecular flexibility index (Phi) is 2.28. The van der Waals surface area contributed by atoms with Gasteiger partial charge in [-0.2, -0.15) is 0 Å². The van der Waals surface area contributed by atoms with E-state index in [0.29, 0.717) is 0 Å². The predicted molar refractivity (Wildman–Crippen MR) is 81.6 cm³/mol. The zero-order valence-corrected chi connectivity index (χ0v) is 12.2. The van der Waals surface area contributed by atoms with E-state index in [1.165, 1.54) is 31.7 Å². The van der Waals surface area contributed by atoms with E-state index in [1.54, 1.807) is 0 Å². The van der Waals surface area contributed by atoms with E-state index in [2.05, 4.69) is 38.1 Å². The van der Waals surface area contributed by atoms with Crippen molar-refractivity contribution in [1.29, 1.82) is 0 Å². The van der Waals surface area contributed by atoms with Crippen LogP contribution in [0.5, 0.6) is 0 Å². The van der Waals surface area contributed by atoms with E-state index in [-0.39, 0.29) is 11.5 Å². The first-order valence-electron chi connectivity index (χ1n) is 7.01. The van der Waals surface area contributed by atoms with Crippen molar-refractivity contribution in [3.63, 3.8) is 0 Å². The second-order valence-corrected chi connectivity index (χ2v) is 7.25. The molecule has 2 aliphatic carbocycles. The van der Waals surface area contributed by atoms with Crippen molar-refractivity contribution in [2.24, 2.45) is 5.41 Å². The minimum Gasteiger partial charge on any atom is -0.392 e. The standard InChI is InChI=1S/C17H18OS/c1-10-3-4-11-12-7-8-17(2)13(5-6-15(17)18)16(12)19-14(11)9-10/h3-5,9,15,18H,6-8H2,1-2H3/t15-,17-/m1/s1. The minimum absolute atomic E-state index is 0.0110. The number of aryl methyl sites for hydroxylation is 2. The van der Waals surface area contributed by atoms with Gasteiger partial charge in [0, 0.05) is 15.0 Å². The normalized spacial score (nSPS) is 29.2. The molecule has 0 saturated heterocycles. The summed E-state index contributed by atoms with van der Waals surface area (Å²) in [6, 6.07) is 6.78. The monoisotopic (exact) mass is 270 g/mol. The second kappa shape index (κ2) is 3.71. The molecule has 0 bridgehead atoms. The van der Waals surface area contributed by atoms with Gasteiger partial charge in [-0.3, -0.25) is 0 Å². The van der Waals surface area contributed by atoms with Gasteiger partial charge < -0.3 is 5.11 Å². The first kappa shape index (κ1) is 11.7. The molecule has 2 aliphatic rings. The Morgan fingerprint density at radius 1 is 1.37 bits per heavy atom. The molecule has 1 N–H and O–H groups in total. The van der Waals surface area contributed by atoms with Crippen molar-refractivity contribution in [3.8, 4) is 0 Å². The van der Waals surface area contributed by atoms with Crippen LogP contribution in [0.1, 0.15) is 35.8 Å². The lowest BCUT2D eigenvalue weighted by molar-refractivity contribution is 0.0830. The summed E-state index contributed by atoms with van der Waals surface area (Å²) >= 11 is 1.91. The van der Waals surface area contributed by atoms with Gasteiger partial charge in [0.05, 0.1) is 6.10 Å². The largest absolute Gasteiger partial charge is 0.392 e. The van der Waals surface area contributed by atoms with Gasteiger partial charge in [-0.25, -0.2) is 0 Å². The van der Waals surface area contributed by atoms with Crippen LogP contribution in [0.4, 0.5) is 0 Å². The summed E-state index contributed by atoms with van der Waals surface area (Å²) in [5.74, 6) is 0. The van der Waals surface area contributed by atoms with E-state index < -0.39 is 0 Å². The Hall–Kier alpha value is -1.12. The smallest absolute Gasteiger partial charge is 0.0669 e. The van der Waals surface area contributed by atoms with E-state index in [9.17, 15) is 5.11 Å². The number of benzene rings is 1. The van der Waals surface area contributed by atoms with E-state index in [0.717, 1.165) is 19.3 Å². The second-order valence-electron chi connectivity index (χ2n) is 6.20. The molecule has 0 amide bonds. The summed E-state index contributed by atoms with van der Waals surface area (Å²) in [5.41, 5.74) is 4.23. The Bertz CT molecular complexity index is 709. The Balaban J connectivity index is 1.98. The fourth-order valence-electron chi connectivity index (χ4n) is 3.66.